The first kappa shape index (κ1) is 13.7. The van der Waals surface area contributed by atoms with E-state index >= 15 is 0 Å². The molecule has 1 aliphatic rings. The van der Waals surface area contributed by atoms with E-state index in [1.807, 2.05) is 18.3 Å². The van der Waals surface area contributed by atoms with Crippen LogP contribution in [0.15, 0.2) is 18.3 Å². The van der Waals surface area contributed by atoms with Crippen LogP contribution in [0.25, 0.3) is 0 Å². The van der Waals surface area contributed by atoms with Crippen LogP contribution in [0.2, 0.25) is 0 Å². The Morgan fingerprint density at radius 3 is 3.17 bits per heavy atom. The summed E-state index contributed by atoms with van der Waals surface area (Å²) in [7, 11) is 0. The molecule has 1 atom stereocenters. The maximum Gasteiger partial charge on any atom is 0.171 e. The zero-order chi connectivity index (χ0) is 12.8. The third-order valence-corrected chi connectivity index (χ3v) is 4.04. The lowest BCUT2D eigenvalue weighted by Crippen LogP contribution is -2.41. The molecule has 1 saturated heterocycles. The van der Waals surface area contributed by atoms with Crippen molar-refractivity contribution in [3.8, 4) is 5.75 Å². The van der Waals surface area contributed by atoms with Crippen LogP contribution < -0.4 is 9.64 Å². The van der Waals surface area contributed by atoms with Crippen molar-refractivity contribution in [1.29, 1.82) is 0 Å². The highest BCUT2D eigenvalue weighted by atomic mass is 79.9. The summed E-state index contributed by atoms with van der Waals surface area (Å²) in [5, 5.41) is 0.997. The lowest BCUT2D eigenvalue weighted by molar-refractivity contribution is 0.314. The van der Waals surface area contributed by atoms with Gasteiger partial charge < -0.3 is 9.64 Å². The van der Waals surface area contributed by atoms with Gasteiger partial charge in [0.25, 0.3) is 0 Å². The molecule has 1 aromatic rings. The molecule has 0 spiro atoms. The normalized spacial score (nSPS) is 19.9. The van der Waals surface area contributed by atoms with Gasteiger partial charge in [0.05, 0.1) is 6.61 Å². The highest BCUT2D eigenvalue weighted by Crippen LogP contribution is 2.31. The summed E-state index contributed by atoms with van der Waals surface area (Å²) in [6.07, 6.45) is 6.66. The maximum absolute atomic E-state index is 5.81. The second kappa shape index (κ2) is 6.98. The minimum Gasteiger partial charge on any atom is -0.490 e. The van der Waals surface area contributed by atoms with E-state index in [2.05, 4.69) is 32.7 Å². The number of hydrogen-bond acceptors (Lipinski definition) is 3. The van der Waals surface area contributed by atoms with Gasteiger partial charge in [0.15, 0.2) is 11.6 Å². The van der Waals surface area contributed by atoms with Gasteiger partial charge >= 0.3 is 0 Å². The summed E-state index contributed by atoms with van der Waals surface area (Å²) >= 11 is 3.62. The van der Waals surface area contributed by atoms with Crippen LogP contribution in [-0.4, -0.2) is 29.5 Å². The molecule has 0 amide bonds. The Morgan fingerprint density at radius 1 is 1.50 bits per heavy atom. The van der Waals surface area contributed by atoms with Gasteiger partial charge in [0.2, 0.25) is 0 Å². The third-order valence-electron chi connectivity index (χ3n) is 3.29. The molecule has 1 fully saturated rings. The van der Waals surface area contributed by atoms with Crippen molar-refractivity contribution in [2.45, 2.75) is 38.6 Å². The molecule has 4 heteroatoms. The zero-order valence-corrected chi connectivity index (χ0v) is 12.5. The Balaban J connectivity index is 2.19. The van der Waals surface area contributed by atoms with E-state index in [1.165, 1.54) is 19.3 Å². The standard InChI is InChI=1S/C14H21BrN2O/c1-2-10-18-13-7-5-8-16-14(13)17-9-4-3-6-12(17)11-15/h5,7-8,12H,2-4,6,9-11H2,1H3. The van der Waals surface area contributed by atoms with Gasteiger partial charge in [-0.3, -0.25) is 0 Å². The average Bonchev–Trinajstić information content (AvgIpc) is 2.45. The average molecular weight is 313 g/mol. The highest BCUT2D eigenvalue weighted by Gasteiger charge is 2.24. The molecule has 100 valence electrons. The second-order valence-corrected chi connectivity index (χ2v) is 5.32. The van der Waals surface area contributed by atoms with Gasteiger partial charge in [0, 0.05) is 24.1 Å². The van der Waals surface area contributed by atoms with Gasteiger partial charge in [-0.1, -0.05) is 22.9 Å². The van der Waals surface area contributed by atoms with Crippen LogP contribution in [0.1, 0.15) is 32.6 Å². The number of hydrogen-bond donors (Lipinski definition) is 0. The molecule has 0 bridgehead atoms. The number of piperidine rings is 1. The van der Waals surface area contributed by atoms with Gasteiger partial charge in [-0.2, -0.15) is 0 Å². The van der Waals surface area contributed by atoms with E-state index in [0.717, 1.165) is 36.5 Å². The Labute approximate surface area is 118 Å². The Hall–Kier alpha value is -0.770. The summed E-state index contributed by atoms with van der Waals surface area (Å²) < 4.78 is 5.81. The quantitative estimate of drug-likeness (QED) is 0.776. The molecule has 2 heterocycles. The largest absolute Gasteiger partial charge is 0.490 e. The first-order valence-corrected chi connectivity index (χ1v) is 7.89. The van der Waals surface area contributed by atoms with Crippen molar-refractivity contribution in [2.75, 3.05) is 23.4 Å². The minimum absolute atomic E-state index is 0.539. The van der Waals surface area contributed by atoms with Gasteiger partial charge in [-0.15, -0.1) is 0 Å². The van der Waals surface area contributed by atoms with Crippen molar-refractivity contribution >= 4 is 21.7 Å². The molecule has 0 radical (unpaired) electrons. The summed E-state index contributed by atoms with van der Waals surface area (Å²) in [6, 6.07) is 4.51. The molecule has 1 aliphatic heterocycles. The van der Waals surface area contributed by atoms with E-state index in [4.69, 9.17) is 4.74 Å². The predicted molar refractivity (Wildman–Crippen MR) is 78.8 cm³/mol. The topological polar surface area (TPSA) is 25.4 Å². The van der Waals surface area contributed by atoms with E-state index in [9.17, 15) is 0 Å². The molecule has 0 saturated carbocycles. The molecule has 1 aromatic heterocycles. The lowest BCUT2D eigenvalue weighted by Gasteiger charge is -2.36. The van der Waals surface area contributed by atoms with Crippen LogP contribution in [0.5, 0.6) is 5.75 Å². The molecule has 0 N–H and O–H groups in total. The molecular weight excluding hydrogens is 292 g/mol. The van der Waals surface area contributed by atoms with Crippen LogP contribution in [0.3, 0.4) is 0 Å². The molecule has 0 aromatic carbocycles. The number of pyridine rings is 1. The molecule has 1 unspecified atom stereocenters. The highest BCUT2D eigenvalue weighted by molar-refractivity contribution is 9.09. The van der Waals surface area contributed by atoms with Crippen molar-refractivity contribution < 1.29 is 4.74 Å². The minimum atomic E-state index is 0.539. The number of anilines is 1. The summed E-state index contributed by atoms with van der Waals surface area (Å²) in [5.74, 6) is 1.93. The first-order chi connectivity index (χ1) is 8.86. The number of alkyl halides is 1. The van der Waals surface area contributed by atoms with Gasteiger partial charge in [-0.25, -0.2) is 4.98 Å². The van der Waals surface area contributed by atoms with E-state index in [0.29, 0.717) is 6.04 Å². The van der Waals surface area contributed by atoms with Gasteiger partial charge in [-0.05, 0) is 37.8 Å². The fourth-order valence-corrected chi connectivity index (χ4v) is 3.04. The van der Waals surface area contributed by atoms with E-state index in [-0.39, 0.29) is 0 Å². The van der Waals surface area contributed by atoms with Crippen molar-refractivity contribution in [1.82, 2.24) is 4.98 Å². The van der Waals surface area contributed by atoms with Crippen LogP contribution >= 0.6 is 15.9 Å². The number of rotatable bonds is 5. The molecule has 0 aliphatic carbocycles. The predicted octanol–water partition coefficient (Wildman–Crippen LogP) is 3.62. The number of ether oxygens (including phenoxy) is 1. The van der Waals surface area contributed by atoms with E-state index in [1.54, 1.807) is 0 Å². The molecule has 18 heavy (non-hydrogen) atoms. The summed E-state index contributed by atoms with van der Waals surface area (Å²) in [4.78, 5) is 6.93. The molecule has 3 nitrogen and oxygen atoms in total. The number of nitrogens with zero attached hydrogens (tertiary/aromatic N) is 2. The summed E-state index contributed by atoms with van der Waals surface area (Å²) in [5.41, 5.74) is 0. The van der Waals surface area contributed by atoms with Crippen LogP contribution in [-0.2, 0) is 0 Å². The number of halogens is 1. The fourth-order valence-electron chi connectivity index (χ4n) is 2.36. The van der Waals surface area contributed by atoms with Crippen molar-refractivity contribution in [3.63, 3.8) is 0 Å². The van der Waals surface area contributed by atoms with Crippen LogP contribution in [0.4, 0.5) is 5.82 Å². The third kappa shape index (κ3) is 3.16. The Morgan fingerprint density at radius 2 is 2.39 bits per heavy atom. The smallest absolute Gasteiger partial charge is 0.171 e. The first-order valence-electron chi connectivity index (χ1n) is 6.77. The lowest BCUT2D eigenvalue weighted by atomic mass is 10.0. The monoisotopic (exact) mass is 312 g/mol. The molecule has 2 rings (SSSR count). The SMILES string of the molecule is CCCOc1cccnc1N1CCCCC1CBr. The Kier molecular flexibility index (Phi) is 5.29. The zero-order valence-electron chi connectivity index (χ0n) is 10.9. The van der Waals surface area contributed by atoms with Crippen molar-refractivity contribution in [3.05, 3.63) is 18.3 Å². The van der Waals surface area contributed by atoms with Crippen LogP contribution in [0, 0.1) is 0 Å². The molecular formula is C14H21BrN2O. The van der Waals surface area contributed by atoms with E-state index < -0.39 is 0 Å². The maximum atomic E-state index is 5.81. The van der Waals surface area contributed by atoms with Crippen molar-refractivity contribution in [2.24, 2.45) is 0 Å². The second-order valence-electron chi connectivity index (χ2n) is 4.67. The summed E-state index contributed by atoms with van der Waals surface area (Å²) in [6.45, 7) is 3.96. The fraction of sp³-hybridized carbons (Fsp3) is 0.643. The van der Waals surface area contributed by atoms with Gasteiger partial charge in [0.1, 0.15) is 0 Å². The number of aromatic nitrogens is 1. The Bertz CT molecular complexity index is 373.